The summed E-state index contributed by atoms with van der Waals surface area (Å²) in [7, 11) is 1.52. The van der Waals surface area contributed by atoms with Crippen LogP contribution in [0.25, 0.3) is 0 Å². The van der Waals surface area contributed by atoms with Crippen molar-refractivity contribution >= 4 is 17.7 Å². The van der Waals surface area contributed by atoms with Crippen LogP contribution in [-0.2, 0) is 16.1 Å². The van der Waals surface area contributed by atoms with Gasteiger partial charge in [-0.05, 0) is 31.5 Å². The Balaban J connectivity index is 1.86. The molecule has 144 valence electrons. The fraction of sp³-hybridized carbons (Fsp3) is 0.300. The van der Waals surface area contributed by atoms with E-state index < -0.39 is 12.1 Å². The Kier molecular flexibility index (Phi) is 7.49. The summed E-state index contributed by atoms with van der Waals surface area (Å²) in [6, 6.07) is 13.6. The highest BCUT2D eigenvalue weighted by Crippen LogP contribution is 2.30. The van der Waals surface area contributed by atoms with Gasteiger partial charge in [0.05, 0.1) is 13.7 Å². The minimum Gasteiger partial charge on any atom is -0.493 e. The van der Waals surface area contributed by atoms with Crippen LogP contribution >= 0.6 is 0 Å². The Labute approximate surface area is 158 Å². The van der Waals surface area contributed by atoms with E-state index in [9.17, 15) is 9.59 Å². The van der Waals surface area contributed by atoms with E-state index in [-0.39, 0.29) is 12.5 Å². The van der Waals surface area contributed by atoms with Crippen molar-refractivity contribution in [2.45, 2.75) is 26.5 Å². The molecule has 0 aromatic heterocycles. The Morgan fingerprint density at radius 3 is 2.48 bits per heavy atom. The molecule has 2 rings (SSSR count). The molecule has 0 heterocycles. The van der Waals surface area contributed by atoms with E-state index in [1.165, 1.54) is 7.11 Å². The molecule has 0 saturated carbocycles. The molecule has 1 atom stereocenters. The Morgan fingerprint density at radius 1 is 1.07 bits per heavy atom. The van der Waals surface area contributed by atoms with Crippen molar-refractivity contribution in [3.8, 4) is 11.5 Å². The van der Waals surface area contributed by atoms with Crippen LogP contribution < -0.4 is 20.1 Å². The summed E-state index contributed by atoms with van der Waals surface area (Å²) in [4.78, 5) is 24.1. The summed E-state index contributed by atoms with van der Waals surface area (Å²) in [6.07, 6.45) is -0.661. The number of alkyl carbamates (subject to hydrolysis) is 1. The first-order valence-electron chi connectivity index (χ1n) is 8.62. The molecule has 0 aliphatic heterocycles. The molecule has 2 amide bonds. The fourth-order valence-electron chi connectivity index (χ4n) is 2.28. The smallest absolute Gasteiger partial charge is 0.408 e. The lowest BCUT2D eigenvalue weighted by Gasteiger charge is -2.15. The molecule has 0 aliphatic rings. The van der Waals surface area contributed by atoms with Gasteiger partial charge in [0.25, 0.3) is 0 Å². The third-order valence-corrected chi connectivity index (χ3v) is 3.67. The lowest BCUT2D eigenvalue weighted by atomic mass is 10.2. The molecule has 27 heavy (non-hydrogen) atoms. The van der Waals surface area contributed by atoms with Gasteiger partial charge in [-0.1, -0.05) is 30.3 Å². The molecule has 0 saturated heterocycles. The van der Waals surface area contributed by atoms with E-state index in [1.54, 1.807) is 25.1 Å². The van der Waals surface area contributed by atoms with Crippen LogP contribution in [0.15, 0.2) is 48.5 Å². The van der Waals surface area contributed by atoms with E-state index in [1.807, 2.05) is 37.3 Å². The zero-order valence-electron chi connectivity index (χ0n) is 15.7. The first-order valence-corrected chi connectivity index (χ1v) is 8.62. The number of rotatable bonds is 8. The molecule has 0 fully saturated rings. The van der Waals surface area contributed by atoms with Crippen LogP contribution in [0.2, 0.25) is 0 Å². The Hall–Kier alpha value is -3.22. The molecule has 0 spiro atoms. The van der Waals surface area contributed by atoms with Gasteiger partial charge in [-0.25, -0.2) is 4.79 Å². The molecule has 1 unspecified atom stereocenters. The molecule has 0 aliphatic carbocycles. The minimum absolute atomic E-state index is 0.136. The second kappa shape index (κ2) is 10.1. The van der Waals surface area contributed by atoms with E-state index >= 15 is 0 Å². The standard InChI is InChI=1S/C20H24N2O5/c1-4-26-17-11-10-16(12-18(17)25-3)22-19(23)14(2)21-20(24)27-13-15-8-6-5-7-9-15/h5-12,14H,4,13H2,1-3H3,(H,21,24)(H,22,23). The van der Waals surface area contributed by atoms with Gasteiger partial charge < -0.3 is 24.8 Å². The van der Waals surface area contributed by atoms with E-state index in [2.05, 4.69) is 10.6 Å². The van der Waals surface area contributed by atoms with Crippen molar-refractivity contribution in [2.24, 2.45) is 0 Å². The number of ether oxygens (including phenoxy) is 3. The number of carbonyl (C=O) groups excluding carboxylic acids is 2. The maximum absolute atomic E-state index is 12.3. The first kappa shape index (κ1) is 20.1. The average molecular weight is 372 g/mol. The lowest BCUT2D eigenvalue weighted by molar-refractivity contribution is -0.117. The van der Waals surface area contributed by atoms with Crippen LogP contribution in [0.3, 0.4) is 0 Å². The van der Waals surface area contributed by atoms with Crippen molar-refractivity contribution in [3.05, 3.63) is 54.1 Å². The third kappa shape index (κ3) is 6.22. The number of methoxy groups -OCH3 is 1. The summed E-state index contributed by atoms with van der Waals surface area (Å²) in [5.41, 5.74) is 1.40. The lowest BCUT2D eigenvalue weighted by Crippen LogP contribution is -2.41. The Bertz CT molecular complexity index is 764. The summed E-state index contributed by atoms with van der Waals surface area (Å²) >= 11 is 0. The number of hydrogen-bond acceptors (Lipinski definition) is 5. The van der Waals surface area contributed by atoms with E-state index in [4.69, 9.17) is 14.2 Å². The minimum atomic E-state index is -0.772. The van der Waals surface area contributed by atoms with Gasteiger partial charge >= 0.3 is 6.09 Å². The van der Waals surface area contributed by atoms with Crippen LogP contribution in [0.5, 0.6) is 11.5 Å². The monoisotopic (exact) mass is 372 g/mol. The molecule has 7 nitrogen and oxygen atoms in total. The summed E-state index contributed by atoms with van der Waals surface area (Å²) in [6.45, 7) is 4.09. The number of anilines is 1. The number of nitrogens with one attached hydrogen (secondary N) is 2. The van der Waals surface area contributed by atoms with Gasteiger partial charge in [0.15, 0.2) is 11.5 Å². The number of carbonyl (C=O) groups is 2. The van der Waals surface area contributed by atoms with E-state index in [0.717, 1.165) is 5.56 Å². The van der Waals surface area contributed by atoms with Gasteiger partial charge in [-0.15, -0.1) is 0 Å². The number of hydrogen-bond donors (Lipinski definition) is 2. The summed E-state index contributed by atoms with van der Waals surface area (Å²) < 4.78 is 15.8. The highest BCUT2D eigenvalue weighted by atomic mass is 16.5. The maximum Gasteiger partial charge on any atom is 0.408 e. The SMILES string of the molecule is CCOc1ccc(NC(=O)C(C)NC(=O)OCc2ccccc2)cc1OC. The molecule has 2 N–H and O–H groups in total. The normalized spacial score (nSPS) is 11.2. The second-order valence-corrected chi connectivity index (χ2v) is 5.72. The predicted molar refractivity (Wildman–Crippen MR) is 102 cm³/mol. The average Bonchev–Trinajstić information content (AvgIpc) is 2.68. The van der Waals surface area contributed by atoms with Crippen molar-refractivity contribution in [1.29, 1.82) is 0 Å². The van der Waals surface area contributed by atoms with Crippen LogP contribution in [0.4, 0.5) is 10.5 Å². The molecular formula is C20H24N2O5. The predicted octanol–water partition coefficient (Wildman–Crippen LogP) is 3.35. The third-order valence-electron chi connectivity index (χ3n) is 3.67. The first-order chi connectivity index (χ1) is 13.0. The van der Waals surface area contributed by atoms with Crippen molar-refractivity contribution < 1.29 is 23.8 Å². The van der Waals surface area contributed by atoms with Crippen molar-refractivity contribution in [2.75, 3.05) is 19.0 Å². The number of benzene rings is 2. The van der Waals surface area contributed by atoms with Crippen molar-refractivity contribution in [1.82, 2.24) is 5.32 Å². The Morgan fingerprint density at radius 2 is 1.81 bits per heavy atom. The van der Waals surface area contributed by atoms with Gasteiger partial charge in [-0.3, -0.25) is 4.79 Å². The van der Waals surface area contributed by atoms with Crippen LogP contribution in [-0.4, -0.2) is 31.8 Å². The van der Waals surface area contributed by atoms with Crippen LogP contribution in [0, 0.1) is 0 Å². The van der Waals surface area contributed by atoms with Gasteiger partial charge in [0.2, 0.25) is 5.91 Å². The zero-order chi connectivity index (χ0) is 19.6. The molecule has 2 aromatic carbocycles. The molecule has 7 heteroatoms. The van der Waals surface area contributed by atoms with Gasteiger partial charge in [-0.2, -0.15) is 0 Å². The maximum atomic E-state index is 12.3. The molecule has 0 radical (unpaired) electrons. The highest BCUT2D eigenvalue weighted by Gasteiger charge is 2.17. The second-order valence-electron chi connectivity index (χ2n) is 5.72. The van der Waals surface area contributed by atoms with Crippen molar-refractivity contribution in [3.63, 3.8) is 0 Å². The summed E-state index contributed by atoms with van der Waals surface area (Å²) in [5, 5.41) is 5.22. The van der Waals surface area contributed by atoms with E-state index in [0.29, 0.717) is 23.8 Å². The van der Waals surface area contributed by atoms with Gasteiger partial charge in [0, 0.05) is 11.8 Å². The molecular weight excluding hydrogens is 348 g/mol. The van der Waals surface area contributed by atoms with Crippen LogP contribution in [0.1, 0.15) is 19.4 Å². The molecule has 2 aromatic rings. The highest BCUT2D eigenvalue weighted by molar-refractivity contribution is 5.96. The molecule has 0 bridgehead atoms. The number of amides is 2. The quantitative estimate of drug-likeness (QED) is 0.742. The fourth-order valence-corrected chi connectivity index (χ4v) is 2.28. The topological polar surface area (TPSA) is 85.9 Å². The van der Waals surface area contributed by atoms with Gasteiger partial charge in [0.1, 0.15) is 12.6 Å². The summed E-state index contributed by atoms with van der Waals surface area (Å²) in [5.74, 6) is 0.726. The zero-order valence-corrected chi connectivity index (χ0v) is 15.7. The largest absolute Gasteiger partial charge is 0.493 e.